The molecule has 0 fully saturated rings. The number of methoxy groups -OCH3 is 2. The van der Waals surface area contributed by atoms with Crippen LogP contribution in [0.1, 0.15) is 39.7 Å². The number of carbonyl (C=O) groups is 2. The smallest absolute Gasteiger partial charge is 0.244 e. The predicted molar refractivity (Wildman–Crippen MR) is 146 cm³/mol. The Morgan fingerprint density at radius 3 is 2.11 bits per heavy atom. The Balaban J connectivity index is 2.50. The number of rotatable bonds is 11. The molecule has 0 saturated heterocycles. The molecule has 204 valence electrons. The number of nitrogens with zero attached hydrogens (tertiary/aromatic N) is 2. The third kappa shape index (κ3) is 8.53. The number of hydrogen-bond acceptors (Lipinski definition) is 6. The number of anilines is 1. The zero-order valence-corrected chi connectivity index (χ0v) is 23.9. The third-order valence-corrected chi connectivity index (χ3v) is 6.88. The van der Waals surface area contributed by atoms with E-state index in [4.69, 9.17) is 21.1 Å². The molecule has 0 radical (unpaired) electrons. The molecule has 2 amide bonds. The van der Waals surface area contributed by atoms with E-state index in [1.807, 2.05) is 20.8 Å². The molecule has 0 aliphatic heterocycles. The van der Waals surface area contributed by atoms with E-state index in [-0.39, 0.29) is 18.1 Å². The number of benzene rings is 2. The van der Waals surface area contributed by atoms with Crippen molar-refractivity contribution in [2.75, 3.05) is 31.3 Å². The number of ether oxygens (including phenoxy) is 2. The summed E-state index contributed by atoms with van der Waals surface area (Å²) in [4.78, 5) is 28.4. The first kappa shape index (κ1) is 30.2. The maximum atomic E-state index is 13.8. The molecule has 1 N–H and O–H groups in total. The number of hydrogen-bond donors (Lipinski definition) is 1. The van der Waals surface area contributed by atoms with E-state index in [2.05, 4.69) is 5.32 Å². The maximum absolute atomic E-state index is 13.8. The molecule has 0 heterocycles. The first-order valence-corrected chi connectivity index (χ1v) is 14.0. The van der Waals surface area contributed by atoms with Crippen LogP contribution in [0.25, 0.3) is 0 Å². The molecule has 11 heteroatoms. The lowest BCUT2D eigenvalue weighted by molar-refractivity contribution is -0.141. The highest BCUT2D eigenvalue weighted by atomic mass is 35.5. The van der Waals surface area contributed by atoms with Gasteiger partial charge in [-0.3, -0.25) is 13.9 Å². The van der Waals surface area contributed by atoms with Gasteiger partial charge in [0.1, 0.15) is 12.6 Å². The van der Waals surface area contributed by atoms with Crippen LogP contribution in [0.4, 0.5) is 5.69 Å². The van der Waals surface area contributed by atoms with E-state index in [1.54, 1.807) is 37.3 Å². The van der Waals surface area contributed by atoms with E-state index in [0.29, 0.717) is 22.9 Å². The van der Waals surface area contributed by atoms with Crippen molar-refractivity contribution in [2.24, 2.45) is 0 Å². The Kier molecular flexibility index (Phi) is 10.2. The summed E-state index contributed by atoms with van der Waals surface area (Å²) in [5.74, 6) is -0.129. The van der Waals surface area contributed by atoms with Crippen LogP contribution < -0.4 is 19.1 Å². The van der Waals surface area contributed by atoms with Crippen molar-refractivity contribution in [1.82, 2.24) is 10.2 Å². The van der Waals surface area contributed by atoms with Crippen molar-refractivity contribution in [1.29, 1.82) is 0 Å². The molecule has 0 spiro atoms. The van der Waals surface area contributed by atoms with Crippen LogP contribution in [0.3, 0.4) is 0 Å². The topological polar surface area (TPSA) is 105 Å². The second-order valence-corrected chi connectivity index (χ2v) is 12.0. The van der Waals surface area contributed by atoms with Gasteiger partial charge in [-0.2, -0.15) is 0 Å². The van der Waals surface area contributed by atoms with Gasteiger partial charge in [-0.1, -0.05) is 30.7 Å². The van der Waals surface area contributed by atoms with Crippen LogP contribution in [0.5, 0.6) is 11.5 Å². The minimum atomic E-state index is -3.88. The number of nitrogens with one attached hydrogen (secondary N) is 1. The average molecular weight is 554 g/mol. The summed E-state index contributed by atoms with van der Waals surface area (Å²) < 4.78 is 37.1. The zero-order chi connectivity index (χ0) is 28.0. The van der Waals surface area contributed by atoms with Gasteiger partial charge in [0.15, 0.2) is 11.5 Å². The van der Waals surface area contributed by atoms with Gasteiger partial charge in [0, 0.05) is 23.2 Å². The summed E-state index contributed by atoms with van der Waals surface area (Å²) in [6.45, 7) is 6.94. The van der Waals surface area contributed by atoms with Crippen molar-refractivity contribution < 1.29 is 27.5 Å². The maximum Gasteiger partial charge on any atom is 0.244 e. The Labute approximate surface area is 224 Å². The van der Waals surface area contributed by atoms with Crippen molar-refractivity contribution in [3.8, 4) is 11.5 Å². The molecule has 0 aromatic heterocycles. The van der Waals surface area contributed by atoms with Crippen molar-refractivity contribution in [2.45, 2.75) is 52.2 Å². The molecule has 0 aliphatic carbocycles. The largest absolute Gasteiger partial charge is 0.493 e. The van der Waals surface area contributed by atoms with E-state index in [0.717, 1.165) is 16.1 Å². The lowest BCUT2D eigenvalue weighted by Crippen LogP contribution is -2.55. The fraction of sp³-hybridized carbons (Fsp3) is 0.462. The molecule has 0 bridgehead atoms. The molecule has 2 aromatic carbocycles. The third-order valence-electron chi connectivity index (χ3n) is 5.48. The van der Waals surface area contributed by atoms with Crippen LogP contribution in [-0.2, 0) is 26.2 Å². The molecule has 0 saturated carbocycles. The van der Waals surface area contributed by atoms with E-state index < -0.39 is 34.1 Å². The summed E-state index contributed by atoms with van der Waals surface area (Å²) in [6, 6.07) is 10.7. The Hall–Kier alpha value is -2.98. The molecular formula is C26H36ClN3O6S. The molecule has 1 unspecified atom stereocenters. The summed E-state index contributed by atoms with van der Waals surface area (Å²) in [5, 5.41) is 3.46. The fourth-order valence-corrected chi connectivity index (χ4v) is 4.72. The molecule has 1 atom stereocenters. The first-order valence-electron chi connectivity index (χ1n) is 11.8. The fourth-order valence-electron chi connectivity index (χ4n) is 3.75. The number of amides is 2. The highest BCUT2D eigenvalue weighted by Gasteiger charge is 2.33. The Bertz CT molecular complexity index is 1200. The zero-order valence-electron chi connectivity index (χ0n) is 22.4. The number of halogens is 1. The van der Waals surface area contributed by atoms with Crippen molar-refractivity contribution in [3.05, 3.63) is 53.1 Å². The van der Waals surface area contributed by atoms with Gasteiger partial charge in [0.25, 0.3) is 0 Å². The minimum Gasteiger partial charge on any atom is -0.493 e. The van der Waals surface area contributed by atoms with Gasteiger partial charge in [-0.05, 0) is 57.0 Å². The highest BCUT2D eigenvalue weighted by Crippen LogP contribution is 2.32. The lowest BCUT2D eigenvalue weighted by atomic mass is 10.1. The molecule has 37 heavy (non-hydrogen) atoms. The van der Waals surface area contributed by atoms with Gasteiger partial charge in [-0.25, -0.2) is 8.42 Å². The SMILES string of the molecule is CCC(C(=O)NC(C)(C)C)N(Cc1ccc(Cl)cc1)C(=O)CN(c1ccc(OC)c(OC)c1)S(C)(=O)=O. The van der Waals surface area contributed by atoms with E-state index in [1.165, 1.54) is 31.3 Å². The summed E-state index contributed by atoms with van der Waals surface area (Å²) in [6.07, 6.45) is 1.35. The molecule has 0 aliphatic rings. The summed E-state index contributed by atoms with van der Waals surface area (Å²) in [5.41, 5.74) is 0.460. The Morgan fingerprint density at radius 1 is 1.03 bits per heavy atom. The monoisotopic (exact) mass is 553 g/mol. The first-order chi connectivity index (χ1) is 17.2. The second kappa shape index (κ2) is 12.5. The quantitative estimate of drug-likeness (QED) is 0.453. The number of carbonyl (C=O) groups excluding carboxylic acids is 2. The van der Waals surface area contributed by atoms with Gasteiger partial charge in [0.05, 0.1) is 26.2 Å². The van der Waals surface area contributed by atoms with E-state index in [9.17, 15) is 18.0 Å². The van der Waals surface area contributed by atoms with E-state index >= 15 is 0 Å². The van der Waals surface area contributed by atoms with Crippen LogP contribution in [0.2, 0.25) is 5.02 Å². The number of sulfonamides is 1. The molecule has 9 nitrogen and oxygen atoms in total. The molecular weight excluding hydrogens is 518 g/mol. The van der Waals surface area contributed by atoms with Gasteiger partial charge >= 0.3 is 0 Å². The Morgan fingerprint density at radius 2 is 1.62 bits per heavy atom. The summed E-state index contributed by atoms with van der Waals surface area (Å²) >= 11 is 6.02. The highest BCUT2D eigenvalue weighted by molar-refractivity contribution is 7.92. The van der Waals surface area contributed by atoms with Crippen molar-refractivity contribution in [3.63, 3.8) is 0 Å². The second-order valence-electron chi connectivity index (χ2n) is 9.62. The van der Waals surface area contributed by atoms with Crippen molar-refractivity contribution >= 4 is 39.1 Å². The minimum absolute atomic E-state index is 0.0929. The molecule has 2 rings (SSSR count). The summed E-state index contributed by atoms with van der Waals surface area (Å²) in [7, 11) is -0.974. The van der Waals surface area contributed by atoms with Crippen LogP contribution in [0, 0.1) is 0 Å². The average Bonchev–Trinajstić information content (AvgIpc) is 2.81. The van der Waals surface area contributed by atoms with Gasteiger partial charge < -0.3 is 19.7 Å². The van der Waals surface area contributed by atoms with Crippen LogP contribution in [0.15, 0.2) is 42.5 Å². The predicted octanol–water partition coefficient (Wildman–Crippen LogP) is 3.85. The standard InChI is InChI=1S/C26H36ClN3O6S/c1-8-21(25(32)28-26(2,3)4)29(16-18-9-11-19(27)12-10-18)24(31)17-30(37(7,33)34)20-13-14-22(35-5)23(15-20)36-6/h9-15,21H,8,16-17H2,1-7H3,(H,28,32). The van der Waals surface area contributed by atoms with Gasteiger partial charge in [0.2, 0.25) is 21.8 Å². The normalized spacial score (nSPS) is 12.4. The van der Waals surface area contributed by atoms with Crippen LogP contribution >= 0.6 is 11.6 Å². The lowest BCUT2D eigenvalue weighted by Gasteiger charge is -2.34. The van der Waals surface area contributed by atoms with Gasteiger partial charge in [-0.15, -0.1) is 0 Å². The van der Waals surface area contributed by atoms with Crippen LogP contribution in [-0.4, -0.2) is 63.7 Å². The molecule has 2 aromatic rings.